The van der Waals surface area contributed by atoms with Crippen LogP contribution >= 0.6 is 27.3 Å². The third kappa shape index (κ3) is 3.33. The Balaban J connectivity index is 1.87. The molecule has 0 amide bonds. The van der Waals surface area contributed by atoms with Crippen molar-refractivity contribution in [1.82, 2.24) is 9.88 Å². The number of aliphatic hydroxyl groups is 1. The van der Waals surface area contributed by atoms with Crippen molar-refractivity contribution in [2.45, 2.75) is 13.8 Å². The first-order valence-corrected chi connectivity index (χ1v) is 9.10. The van der Waals surface area contributed by atoms with Crippen molar-refractivity contribution in [2.24, 2.45) is 5.92 Å². The predicted octanol–water partition coefficient (Wildman–Crippen LogP) is 4.79. The first-order valence-electron chi connectivity index (χ1n) is 7.43. The number of rotatable bonds is 4. The van der Waals surface area contributed by atoms with Gasteiger partial charge >= 0.3 is 0 Å². The fraction of sp³-hybridized carbons (Fsp3) is 0.294. The molecule has 2 aromatic rings. The summed E-state index contributed by atoms with van der Waals surface area (Å²) in [6.07, 6.45) is 0. The molecule has 0 saturated heterocycles. The maximum atomic E-state index is 10.3. The van der Waals surface area contributed by atoms with Crippen molar-refractivity contribution in [2.75, 3.05) is 13.1 Å². The van der Waals surface area contributed by atoms with Gasteiger partial charge in [0.25, 0.3) is 0 Å². The molecule has 0 saturated carbocycles. The zero-order valence-electron chi connectivity index (χ0n) is 13.0. The first kappa shape index (κ1) is 16.2. The molecule has 0 aliphatic carbocycles. The Kier molecular flexibility index (Phi) is 4.55. The second-order valence-electron chi connectivity index (χ2n) is 5.99. The number of aliphatic hydroxyl groups excluding tert-OH is 1. The fourth-order valence-corrected chi connectivity index (χ4v) is 3.76. The molecule has 1 aromatic carbocycles. The van der Waals surface area contributed by atoms with E-state index in [9.17, 15) is 5.11 Å². The zero-order valence-corrected chi connectivity index (χ0v) is 15.4. The summed E-state index contributed by atoms with van der Waals surface area (Å²) in [6.45, 7) is 5.38. The lowest BCUT2D eigenvalue weighted by Crippen LogP contribution is -2.30. The lowest BCUT2D eigenvalue weighted by atomic mass is 10.2. The maximum Gasteiger partial charge on any atom is 0.135 e. The van der Waals surface area contributed by atoms with Gasteiger partial charge in [0, 0.05) is 22.0 Å². The Morgan fingerprint density at radius 1 is 1.35 bits per heavy atom. The summed E-state index contributed by atoms with van der Waals surface area (Å²) in [6, 6.07) is 7.96. The monoisotopic (exact) mass is 391 g/mol. The molecule has 0 unspecified atom stereocenters. The number of hydrogen-bond donors (Lipinski definition) is 2. The molecule has 1 aromatic heterocycles. The van der Waals surface area contributed by atoms with Crippen LogP contribution in [0.5, 0.6) is 0 Å². The van der Waals surface area contributed by atoms with E-state index in [0.29, 0.717) is 28.9 Å². The van der Waals surface area contributed by atoms with Gasteiger partial charge in [-0.05, 0) is 18.1 Å². The van der Waals surface area contributed by atoms with Crippen molar-refractivity contribution >= 4 is 38.7 Å². The van der Waals surface area contributed by atoms with Gasteiger partial charge in [0.2, 0.25) is 0 Å². The van der Waals surface area contributed by atoms with Gasteiger partial charge in [0.15, 0.2) is 0 Å². The normalized spacial score (nSPS) is 15.1. The number of amidine groups is 1. The second-order valence-corrected chi connectivity index (χ2v) is 7.76. The number of thiazole rings is 1. The van der Waals surface area contributed by atoms with Crippen LogP contribution in [0.25, 0.3) is 16.8 Å². The van der Waals surface area contributed by atoms with Crippen LogP contribution < -0.4 is 0 Å². The van der Waals surface area contributed by atoms with Crippen LogP contribution in [-0.4, -0.2) is 33.9 Å². The lowest BCUT2D eigenvalue weighted by molar-refractivity contribution is 0.329. The number of benzene rings is 1. The molecule has 23 heavy (non-hydrogen) atoms. The van der Waals surface area contributed by atoms with Crippen molar-refractivity contribution in [3.05, 3.63) is 44.9 Å². The van der Waals surface area contributed by atoms with Gasteiger partial charge in [-0.3, -0.25) is 5.41 Å². The molecule has 0 radical (unpaired) electrons. The largest absolute Gasteiger partial charge is 0.510 e. The van der Waals surface area contributed by atoms with Crippen LogP contribution in [0.1, 0.15) is 18.9 Å². The zero-order chi connectivity index (χ0) is 16.6. The van der Waals surface area contributed by atoms with Crippen LogP contribution in [0.15, 0.2) is 39.9 Å². The molecule has 6 heteroatoms. The number of nitrogens with zero attached hydrogens (tertiary/aromatic N) is 2. The summed E-state index contributed by atoms with van der Waals surface area (Å²) in [5, 5.41) is 21.3. The summed E-state index contributed by atoms with van der Waals surface area (Å²) in [7, 11) is 0. The third-order valence-corrected chi connectivity index (χ3v) is 5.01. The van der Waals surface area contributed by atoms with Crippen LogP contribution in [0, 0.1) is 11.3 Å². The van der Waals surface area contributed by atoms with E-state index in [4.69, 9.17) is 5.41 Å². The Morgan fingerprint density at radius 2 is 2.04 bits per heavy atom. The lowest BCUT2D eigenvalue weighted by Gasteiger charge is -2.20. The average Bonchev–Trinajstić information content (AvgIpc) is 3.05. The van der Waals surface area contributed by atoms with Gasteiger partial charge in [0.05, 0.1) is 17.8 Å². The van der Waals surface area contributed by atoms with Crippen molar-refractivity contribution in [1.29, 1.82) is 5.41 Å². The topological polar surface area (TPSA) is 60.2 Å². The maximum absolute atomic E-state index is 10.3. The van der Waals surface area contributed by atoms with E-state index in [0.717, 1.165) is 22.3 Å². The molecule has 4 nitrogen and oxygen atoms in total. The van der Waals surface area contributed by atoms with Gasteiger partial charge in [0.1, 0.15) is 16.6 Å². The molecule has 0 fully saturated rings. The summed E-state index contributed by atoms with van der Waals surface area (Å²) in [5.74, 6) is 1.05. The van der Waals surface area contributed by atoms with E-state index in [2.05, 4.69) is 34.8 Å². The molecule has 0 spiro atoms. The van der Waals surface area contributed by atoms with E-state index >= 15 is 0 Å². The van der Waals surface area contributed by atoms with Crippen molar-refractivity contribution < 1.29 is 5.11 Å². The Hall–Kier alpha value is -1.66. The van der Waals surface area contributed by atoms with Gasteiger partial charge in [-0.15, -0.1) is 11.3 Å². The number of aromatic nitrogens is 1. The molecule has 120 valence electrons. The quantitative estimate of drug-likeness (QED) is 0.787. The molecule has 1 aliphatic rings. The highest BCUT2D eigenvalue weighted by Gasteiger charge is 2.30. The molecule has 2 heterocycles. The van der Waals surface area contributed by atoms with Crippen molar-refractivity contribution in [3.63, 3.8) is 0 Å². The van der Waals surface area contributed by atoms with E-state index in [1.807, 2.05) is 34.5 Å². The van der Waals surface area contributed by atoms with Gasteiger partial charge in [-0.25, -0.2) is 4.98 Å². The molecular formula is C17H18BrN3OS. The summed E-state index contributed by atoms with van der Waals surface area (Å²) in [5.41, 5.74) is 2.46. The fourth-order valence-electron chi connectivity index (χ4n) is 2.60. The van der Waals surface area contributed by atoms with Crippen LogP contribution in [0.2, 0.25) is 0 Å². The molecule has 1 aliphatic heterocycles. The molecule has 0 bridgehead atoms. The van der Waals surface area contributed by atoms with Gasteiger partial charge in [-0.1, -0.05) is 41.9 Å². The minimum Gasteiger partial charge on any atom is -0.510 e. The smallest absolute Gasteiger partial charge is 0.135 e. The Labute approximate surface area is 148 Å². The minimum absolute atomic E-state index is 0.243. The third-order valence-electron chi connectivity index (χ3n) is 3.63. The van der Waals surface area contributed by atoms with Gasteiger partial charge < -0.3 is 10.0 Å². The van der Waals surface area contributed by atoms with Crippen LogP contribution in [-0.2, 0) is 0 Å². The number of halogens is 1. The van der Waals surface area contributed by atoms with E-state index in [-0.39, 0.29) is 5.76 Å². The number of nitrogens with one attached hydrogen (secondary N) is 1. The summed E-state index contributed by atoms with van der Waals surface area (Å²) >= 11 is 4.89. The molecule has 0 atom stereocenters. The summed E-state index contributed by atoms with van der Waals surface area (Å²) in [4.78, 5) is 6.52. The highest BCUT2D eigenvalue weighted by Crippen LogP contribution is 2.32. The average molecular weight is 392 g/mol. The Morgan fingerprint density at radius 3 is 2.70 bits per heavy atom. The first-order chi connectivity index (χ1) is 11.0. The highest BCUT2D eigenvalue weighted by atomic mass is 79.9. The molecular weight excluding hydrogens is 374 g/mol. The Bertz CT molecular complexity index is 764. The van der Waals surface area contributed by atoms with Gasteiger partial charge in [-0.2, -0.15) is 0 Å². The second kappa shape index (κ2) is 6.45. The molecule has 3 rings (SSSR count). The minimum atomic E-state index is 0.243. The predicted molar refractivity (Wildman–Crippen MR) is 98.9 cm³/mol. The molecule has 2 N–H and O–H groups in total. The van der Waals surface area contributed by atoms with E-state index in [1.165, 1.54) is 11.3 Å². The standard InChI is InChI=1S/C17H18BrN3OS/c1-10(2)7-21-8-14(22)15(16(21)19)17-20-13(9-23-17)11-3-5-12(18)6-4-11/h3-6,9-10,19,22H,7-8H2,1-2H3. The van der Waals surface area contributed by atoms with E-state index < -0.39 is 0 Å². The highest BCUT2D eigenvalue weighted by molar-refractivity contribution is 9.10. The van der Waals surface area contributed by atoms with Crippen LogP contribution in [0.3, 0.4) is 0 Å². The summed E-state index contributed by atoms with van der Waals surface area (Å²) < 4.78 is 1.03. The van der Waals surface area contributed by atoms with Crippen LogP contribution in [0.4, 0.5) is 0 Å². The number of hydrogen-bond acceptors (Lipinski definition) is 4. The van der Waals surface area contributed by atoms with Crippen molar-refractivity contribution in [3.8, 4) is 11.3 Å². The van der Waals surface area contributed by atoms with E-state index in [1.54, 1.807) is 0 Å². The SMILES string of the molecule is CC(C)CN1CC(O)=C(c2nc(-c3ccc(Br)cc3)cs2)C1=N.